The summed E-state index contributed by atoms with van der Waals surface area (Å²) in [5, 5.41) is 5.01. The van der Waals surface area contributed by atoms with Gasteiger partial charge in [0.2, 0.25) is 5.91 Å². The second kappa shape index (κ2) is 7.78. The molecule has 0 saturated heterocycles. The molecule has 0 heterocycles. The lowest BCUT2D eigenvalue weighted by atomic mass is 10.2. The predicted octanol–water partition coefficient (Wildman–Crippen LogP) is 1.46. The number of hydrogen-bond acceptors (Lipinski definition) is 4. The van der Waals surface area contributed by atoms with Crippen molar-refractivity contribution in [3.63, 3.8) is 0 Å². The van der Waals surface area contributed by atoms with E-state index in [1.807, 2.05) is 0 Å². The number of benzene rings is 1. The number of carbonyl (C=O) groups excluding carboxylic acids is 3. The number of nitrogens with one attached hydrogen (secondary N) is 2. The summed E-state index contributed by atoms with van der Waals surface area (Å²) in [7, 11) is 0. The van der Waals surface area contributed by atoms with Crippen LogP contribution in [0.15, 0.2) is 24.3 Å². The highest BCUT2D eigenvalue weighted by Crippen LogP contribution is 2.15. The lowest BCUT2D eigenvalue weighted by Gasteiger charge is -2.07. The minimum absolute atomic E-state index is 0.0267. The van der Waals surface area contributed by atoms with E-state index in [1.165, 1.54) is 0 Å². The van der Waals surface area contributed by atoms with Crippen molar-refractivity contribution in [2.75, 3.05) is 17.2 Å². The minimum atomic E-state index is -0.684. The number of esters is 1. The molecule has 1 rings (SSSR count). The predicted molar refractivity (Wildman–Crippen MR) is 74.1 cm³/mol. The molecule has 1 aromatic rings. The lowest BCUT2D eigenvalue weighted by molar-refractivity contribution is -0.144. The largest absolute Gasteiger partial charge is 0.466 e. The van der Waals surface area contributed by atoms with E-state index < -0.39 is 12.0 Å². The monoisotopic (exact) mass is 279 g/mol. The fourth-order valence-corrected chi connectivity index (χ4v) is 1.49. The van der Waals surface area contributed by atoms with Gasteiger partial charge in [0.25, 0.3) is 0 Å². The van der Waals surface area contributed by atoms with Crippen LogP contribution in [0.5, 0.6) is 0 Å². The van der Waals surface area contributed by atoms with Crippen LogP contribution in [0.25, 0.3) is 0 Å². The molecule has 20 heavy (non-hydrogen) atoms. The number of rotatable bonds is 6. The zero-order valence-corrected chi connectivity index (χ0v) is 11.1. The van der Waals surface area contributed by atoms with E-state index >= 15 is 0 Å². The average molecular weight is 279 g/mol. The first-order valence-corrected chi connectivity index (χ1v) is 6.13. The topological polar surface area (TPSA) is 111 Å². The molecule has 0 aliphatic carbocycles. The molecule has 0 aliphatic rings. The summed E-state index contributed by atoms with van der Waals surface area (Å²) in [4.78, 5) is 33.4. The summed E-state index contributed by atoms with van der Waals surface area (Å²) in [5.41, 5.74) is 5.97. The Morgan fingerprint density at radius 2 is 1.80 bits per heavy atom. The highest BCUT2D eigenvalue weighted by molar-refractivity contribution is 5.94. The molecule has 0 aromatic heterocycles. The molecule has 0 radical (unpaired) electrons. The molecule has 0 spiro atoms. The Kier molecular flexibility index (Phi) is 6.02. The second-order valence-corrected chi connectivity index (χ2v) is 3.92. The first kappa shape index (κ1) is 15.5. The van der Waals surface area contributed by atoms with Gasteiger partial charge in [-0.1, -0.05) is 6.07 Å². The van der Waals surface area contributed by atoms with Crippen LogP contribution in [-0.2, 0) is 14.3 Å². The van der Waals surface area contributed by atoms with Gasteiger partial charge in [0, 0.05) is 17.8 Å². The SMILES string of the molecule is CCOC(=O)CCC(=O)Nc1cccc(NC(N)=O)c1. The van der Waals surface area contributed by atoms with E-state index in [0.717, 1.165) is 0 Å². The fourth-order valence-electron chi connectivity index (χ4n) is 1.49. The Labute approximate surface area is 116 Å². The summed E-state index contributed by atoms with van der Waals surface area (Å²) in [6, 6.07) is 5.84. The van der Waals surface area contributed by atoms with Gasteiger partial charge in [0.1, 0.15) is 0 Å². The van der Waals surface area contributed by atoms with Crippen molar-refractivity contribution in [2.45, 2.75) is 19.8 Å². The van der Waals surface area contributed by atoms with Crippen LogP contribution in [0.2, 0.25) is 0 Å². The number of primary amides is 1. The summed E-state index contributed by atoms with van der Waals surface area (Å²) in [6.45, 7) is 2.00. The third-order valence-corrected chi connectivity index (χ3v) is 2.28. The van der Waals surface area contributed by atoms with Crippen molar-refractivity contribution in [3.05, 3.63) is 24.3 Å². The number of anilines is 2. The van der Waals surface area contributed by atoms with Gasteiger partial charge in [-0.05, 0) is 25.1 Å². The minimum Gasteiger partial charge on any atom is -0.466 e. The van der Waals surface area contributed by atoms with Gasteiger partial charge in [-0.2, -0.15) is 0 Å². The molecule has 1 aromatic carbocycles. The van der Waals surface area contributed by atoms with E-state index in [1.54, 1.807) is 31.2 Å². The highest BCUT2D eigenvalue weighted by atomic mass is 16.5. The van der Waals surface area contributed by atoms with Crippen LogP contribution in [0.1, 0.15) is 19.8 Å². The summed E-state index contributed by atoms with van der Waals surface area (Å²) in [5.74, 6) is -0.721. The van der Waals surface area contributed by atoms with Crippen molar-refractivity contribution in [2.24, 2.45) is 5.73 Å². The van der Waals surface area contributed by atoms with Gasteiger partial charge >= 0.3 is 12.0 Å². The molecule has 3 amide bonds. The maximum atomic E-state index is 11.6. The van der Waals surface area contributed by atoms with E-state index in [4.69, 9.17) is 10.5 Å². The van der Waals surface area contributed by atoms with Gasteiger partial charge in [-0.15, -0.1) is 0 Å². The molecule has 108 valence electrons. The number of ether oxygens (including phenoxy) is 1. The second-order valence-electron chi connectivity index (χ2n) is 3.92. The zero-order chi connectivity index (χ0) is 15.0. The molecule has 0 aliphatic heterocycles. The van der Waals surface area contributed by atoms with E-state index in [-0.39, 0.29) is 18.7 Å². The Bertz CT molecular complexity index is 502. The molecule has 7 heteroatoms. The van der Waals surface area contributed by atoms with Crippen molar-refractivity contribution < 1.29 is 19.1 Å². The molecule has 0 unspecified atom stereocenters. The fraction of sp³-hybridized carbons (Fsp3) is 0.308. The van der Waals surface area contributed by atoms with E-state index in [9.17, 15) is 14.4 Å². The summed E-state index contributed by atoms with van der Waals surface area (Å²) >= 11 is 0. The van der Waals surface area contributed by atoms with E-state index in [0.29, 0.717) is 18.0 Å². The molecule has 0 saturated carbocycles. The van der Waals surface area contributed by atoms with E-state index in [2.05, 4.69) is 10.6 Å². The van der Waals surface area contributed by atoms with Crippen LogP contribution in [0, 0.1) is 0 Å². The maximum absolute atomic E-state index is 11.6. The Hall–Kier alpha value is -2.57. The Balaban J connectivity index is 2.49. The third-order valence-electron chi connectivity index (χ3n) is 2.28. The molecule has 0 bridgehead atoms. The number of hydrogen-bond donors (Lipinski definition) is 3. The first-order chi connectivity index (χ1) is 9.51. The number of carbonyl (C=O) groups is 3. The molecular formula is C13H17N3O4. The third kappa shape index (κ3) is 5.85. The van der Waals surface area contributed by atoms with Crippen LogP contribution in [-0.4, -0.2) is 24.5 Å². The van der Waals surface area contributed by atoms with Crippen LogP contribution in [0.4, 0.5) is 16.2 Å². The highest BCUT2D eigenvalue weighted by Gasteiger charge is 2.08. The number of urea groups is 1. The molecule has 4 N–H and O–H groups in total. The van der Waals surface area contributed by atoms with Crippen molar-refractivity contribution in [3.8, 4) is 0 Å². The van der Waals surface area contributed by atoms with Crippen molar-refractivity contribution in [1.82, 2.24) is 0 Å². The Morgan fingerprint density at radius 1 is 1.15 bits per heavy atom. The zero-order valence-electron chi connectivity index (χ0n) is 11.1. The summed E-state index contributed by atoms with van der Waals surface area (Å²) in [6.07, 6.45) is 0.0607. The number of amides is 3. The molecule has 0 atom stereocenters. The first-order valence-electron chi connectivity index (χ1n) is 6.13. The van der Waals surface area contributed by atoms with Crippen LogP contribution in [0.3, 0.4) is 0 Å². The average Bonchev–Trinajstić information content (AvgIpc) is 2.36. The van der Waals surface area contributed by atoms with Gasteiger partial charge < -0.3 is 21.1 Å². The lowest BCUT2D eigenvalue weighted by Crippen LogP contribution is -2.19. The van der Waals surface area contributed by atoms with Gasteiger partial charge in [-0.25, -0.2) is 4.79 Å². The van der Waals surface area contributed by atoms with Crippen LogP contribution >= 0.6 is 0 Å². The van der Waals surface area contributed by atoms with Crippen LogP contribution < -0.4 is 16.4 Å². The normalized spacial score (nSPS) is 9.65. The maximum Gasteiger partial charge on any atom is 0.316 e. The molecular weight excluding hydrogens is 262 g/mol. The quantitative estimate of drug-likeness (QED) is 0.684. The number of nitrogens with two attached hydrogens (primary N) is 1. The van der Waals surface area contributed by atoms with Gasteiger partial charge in [0.15, 0.2) is 0 Å². The molecule has 7 nitrogen and oxygen atoms in total. The standard InChI is InChI=1S/C13H17N3O4/c1-2-20-12(18)7-6-11(17)15-9-4-3-5-10(8-9)16-13(14)19/h3-5,8H,2,6-7H2,1H3,(H,15,17)(H3,14,16,19). The van der Waals surface area contributed by atoms with Gasteiger partial charge in [-0.3, -0.25) is 9.59 Å². The van der Waals surface area contributed by atoms with Crippen molar-refractivity contribution in [1.29, 1.82) is 0 Å². The molecule has 0 fully saturated rings. The van der Waals surface area contributed by atoms with Crippen molar-refractivity contribution >= 4 is 29.3 Å². The smallest absolute Gasteiger partial charge is 0.316 e. The Morgan fingerprint density at radius 3 is 2.40 bits per heavy atom. The van der Waals surface area contributed by atoms with Gasteiger partial charge in [0.05, 0.1) is 13.0 Å². The summed E-state index contributed by atoms with van der Waals surface area (Å²) < 4.78 is 4.73.